The summed E-state index contributed by atoms with van der Waals surface area (Å²) in [7, 11) is 0. The fourth-order valence-corrected chi connectivity index (χ4v) is 2.54. The van der Waals surface area contributed by atoms with Gasteiger partial charge in [-0.25, -0.2) is 4.79 Å². The van der Waals surface area contributed by atoms with Crippen LogP contribution in [0.1, 0.15) is 27.2 Å². The number of hydrogen-bond acceptors (Lipinski definition) is 5. The Morgan fingerprint density at radius 1 is 1.50 bits per heavy atom. The highest BCUT2D eigenvalue weighted by atomic mass is 17.2. The molecule has 0 radical (unpaired) electrons. The van der Waals surface area contributed by atoms with Crippen molar-refractivity contribution in [2.45, 2.75) is 39.3 Å². The summed E-state index contributed by atoms with van der Waals surface area (Å²) in [5.41, 5.74) is 4.74. The van der Waals surface area contributed by atoms with Gasteiger partial charge in [0, 0.05) is 6.08 Å². The first kappa shape index (κ1) is 14.2. The van der Waals surface area contributed by atoms with Gasteiger partial charge in [0.2, 0.25) is 5.91 Å². The number of allylic oxidation sites excluding steroid dienone is 2. The van der Waals surface area contributed by atoms with Gasteiger partial charge in [-0.2, -0.15) is 0 Å². The highest BCUT2D eigenvalue weighted by Crippen LogP contribution is 2.38. The Morgan fingerprint density at radius 2 is 2.20 bits per heavy atom. The number of primary amides is 1. The molecule has 7 heteroatoms. The van der Waals surface area contributed by atoms with Crippen molar-refractivity contribution in [2.75, 3.05) is 0 Å². The monoisotopic (exact) mass is 282 g/mol. The fourth-order valence-electron chi connectivity index (χ4n) is 2.54. The number of nitrogens with two attached hydrogens (primary N) is 1. The van der Waals surface area contributed by atoms with Crippen LogP contribution >= 0.6 is 0 Å². The fraction of sp³-hybridized carbons (Fsp3) is 0.538. The van der Waals surface area contributed by atoms with Crippen LogP contribution in [0.3, 0.4) is 0 Å². The lowest BCUT2D eigenvalue weighted by Gasteiger charge is -2.37. The maximum Gasteiger partial charge on any atom is 0.404 e. The molecule has 2 unspecified atom stereocenters. The number of hydrogen-bond donors (Lipinski definition) is 1. The largest absolute Gasteiger partial charge is 0.444 e. The summed E-state index contributed by atoms with van der Waals surface area (Å²) in [6.45, 7) is 5.84. The molecule has 7 nitrogen and oxygen atoms in total. The molecule has 2 rings (SSSR count). The number of nitrogens with zero attached hydrogens (tertiary/aromatic N) is 1. The van der Waals surface area contributed by atoms with Gasteiger partial charge in [-0.1, -0.05) is 20.8 Å². The Balaban J connectivity index is 2.33. The predicted octanol–water partition coefficient (Wildman–Crippen LogP) is 1.41. The van der Waals surface area contributed by atoms with Gasteiger partial charge in [0.25, 0.3) is 5.88 Å². The van der Waals surface area contributed by atoms with Crippen LogP contribution in [0.15, 0.2) is 24.3 Å². The Labute approximate surface area is 116 Å². The standard InChI is InChI=1S/C13H18N2O5/c1-13(2,3)11-8(19-12(14)17)7-9(16)15(11)10-5-4-6-18-20-10/h4-6,8,11H,7H2,1-3H3,(H2,14,17). The molecular formula is C13H18N2O5. The molecule has 2 aliphatic rings. The SMILES string of the molecule is CC(C)(C)C1C(OC(N)=O)CC(=O)N1C1=CC=COO1. The Bertz CT molecular complexity index is 478. The van der Waals surface area contributed by atoms with Crippen molar-refractivity contribution in [2.24, 2.45) is 11.1 Å². The molecule has 0 bridgehead atoms. The molecule has 2 amide bonds. The molecule has 2 N–H and O–H groups in total. The molecule has 110 valence electrons. The van der Waals surface area contributed by atoms with Gasteiger partial charge in [-0.15, -0.1) is 0 Å². The van der Waals surface area contributed by atoms with Gasteiger partial charge in [-0.05, 0) is 11.5 Å². The van der Waals surface area contributed by atoms with Crippen molar-refractivity contribution in [1.29, 1.82) is 0 Å². The van der Waals surface area contributed by atoms with Crippen molar-refractivity contribution in [3.63, 3.8) is 0 Å². The number of ether oxygens (including phenoxy) is 1. The van der Waals surface area contributed by atoms with Gasteiger partial charge in [0.15, 0.2) is 0 Å². The lowest BCUT2D eigenvalue weighted by atomic mass is 9.83. The van der Waals surface area contributed by atoms with Gasteiger partial charge < -0.3 is 10.5 Å². The number of amides is 2. The van der Waals surface area contributed by atoms with Crippen LogP contribution in [0.5, 0.6) is 0 Å². The van der Waals surface area contributed by atoms with E-state index in [1.54, 1.807) is 12.2 Å². The number of carbonyl (C=O) groups is 2. The van der Waals surface area contributed by atoms with E-state index in [-0.39, 0.29) is 29.7 Å². The normalized spacial score (nSPS) is 25.9. The first-order valence-corrected chi connectivity index (χ1v) is 6.29. The van der Waals surface area contributed by atoms with Crippen LogP contribution in [0, 0.1) is 5.41 Å². The minimum absolute atomic E-state index is 0.0648. The molecule has 1 saturated heterocycles. The Morgan fingerprint density at radius 3 is 2.70 bits per heavy atom. The quantitative estimate of drug-likeness (QED) is 0.773. The number of rotatable bonds is 2. The third-order valence-corrected chi connectivity index (χ3v) is 3.17. The maximum absolute atomic E-state index is 12.2. The van der Waals surface area contributed by atoms with Crippen LogP contribution < -0.4 is 5.73 Å². The topological polar surface area (TPSA) is 91.1 Å². The van der Waals surface area contributed by atoms with E-state index in [1.165, 1.54) is 11.2 Å². The average Bonchev–Trinajstić information content (AvgIpc) is 2.65. The molecule has 2 atom stereocenters. The lowest BCUT2D eigenvalue weighted by Crippen LogP contribution is -2.47. The smallest absolute Gasteiger partial charge is 0.404 e. The second kappa shape index (κ2) is 5.07. The van der Waals surface area contributed by atoms with Crippen LogP contribution in [-0.4, -0.2) is 29.0 Å². The summed E-state index contributed by atoms with van der Waals surface area (Å²) >= 11 is 0. The van der Waals surface area contributed by atoms with E-state index in [2.05, 4.69) is 0 Å². The molecule has 0 aromatic heterocycles. The highest BCUT2D eigenvalue weighted by Gasteiger charge is 2.50. The van der Waals surface area contributed by atoms with Crippen molar-refractivity contribution >= 4 is 12.0 Å². The van der Waals surface area contributed by atoms with Crippen LogP contribution in [-0.2, 0) is 19.3 Å². The second-order valence-corrected chi connectivity index (χ2v) is 5.77. The average molecular weight is 282 g/mol. The molecule has 0 saturated carbocycles. The zero-order valence-electron chi connectivity index (χ0n) is 11.7. The van der Waals surface area contributed by atoms with Crippen molar-refractivity contribution in [1.82, 2.24) is 4.90 Å². The molecule has 2 heterocycles. The molecule has 0 aliphatic carbocycles. The summed E-state index contributed by atoms with van der Waals surface area (Å²) in [5, 5.41) is 0. The van der Waals surface area contributed by atoms with E-state index in [0.717, 1.165) is 0 Å². The van der Waals surface area contributed by atoms with Gasteiger partial charge >= 0.3 is 6.09 Å². The van der Waals surface area contributed by atoms with Crippen LogP contribution in [0.2, 0.25) is 0 Å². The minimum atomic E-state index is -0.895. The van der Waals surface area contributed by atoms with Crippen LogP contribution in [0.4, 0.5) is 4.79 Å². The second-order valence-electron chi connectivity index (χ2n) is 5.77. The molecule has 2 aliphatic heterocycles. The van der Waals surface area contributed by atoms with Gasteiger partial charge in [0.1, 0.15) is 12.4 Å². The summed E-state index contributed by atoms with van der Waals surface area (Å²) in [6, 6.07) is -0.385. The van der Waals surface area contributed by atoms with E-state index in [9.17, 15) is 9.59 Å². The minimum Gasteiger partial charge on any atom is -0.444 e. The Hall–Kier alpha value is -2.18. The van der Waals surface area contributed by atoms with E-state index in [1.807, 2.05) is 20.8 Å². The number of likely N-dealkylation sites (tertiary alicyclic amines) is 1. The third-order valence-electron chi connectivity index (χ3n) is 3.17. The van der Waals surface area contributed by atoms with Crippen molar-refractivity contribution < 1.29 is 24.1 Å². The van der Waals surface area contributed by atoms with E-state index < -0.39 is 12.2 Å². The lowest BCUT2D eigenvalue weighted by molar-refractivity contribution is -0.237. The summed E-state index contributed by atoms with van der Waals surface area (Å²) in [4.78, 5) is 34.4. The number of carbonyl (C=O) groups excluding carboxylic acids is 2. The van der Waals surface area contributed by atoms with E-state index in [0.29, 0.717) is 0 Å². The van der Waals surface area contributed by atoms with E-state index in [4.69, 9.17) is 20.2 Å². The summed E-state index contributed by atoms with van der Waals surface area (Å²) in [6.07, 6.45) is 3.15. The molecule has 20 heavy (non-hydrogen) atoms. The summed E-state index contributed by atoms with van der Waals surface area (Å²) < 4.78 is 5.08. The zero-order chi connectivity index (χ0) is 14.9. The van der Waals surface area contributed by atoms with Gasteiger partial charge in [-0.3, -0.25) is 19.5 Å². The molecular weight excluding hydrogens is 264 g/mol. The van der Waals surface area contributed by atoms with Crippen LogP contribution in [0.25, 0.3) is 0 Å². The molecule has 0 spiro atoms. The van der Waals surface area contributed by atoms with Crippen molar-refractivity contribution in [3.8, 4) is 0 Å². The van der Waals surface area contributed by atoms with Gasteiger partial charge in [0.05, 0.1) is 12.5 Å². The summed E-state index contributed by atoms with van der Waals surface area (Å²) in [5.74, 6) is 0.0642. The first-order valence-electron chi connectivity index (χ1n) is 6.29. The molecule has 0 aromatic carbocycles. The highest BCUT2D eigenvalue weighted by molar-refractivity contribution is 5.82. The molecule has 1 fully saturated rings. The predicted molar refractivity (Wildman–Crippen MR) is 68.6 cm³/mol. The molecule has 0 aromatic rings. The third kappa shape index (κ3) is 2.71. The van der Waals surface area contributed by atoms with Crippen molar-refractivity contribution in [3.05, 3.63) is 24.3 Å². The maximum atomic E-state index is 12.2. The first-order chi connectivity index (χ1) is 9.30. The zero-order valence-corrected chi connectivity index (χ0v) is 11.7. The Kier molecular flexibility index (Phi) is 3.61. The van der Waals surface area contributed by atoms with E-state index >= 15 is 0 Å².